The van der Waals surface area contributed by atoms with E-state index in [9.17, 15) is 9.59 Å². The van der Waals surface area contributed by atoms with Crippen molar-refractivity contribution >= 4 is 29.3 Å². The van der Waals surface area contributed by atoms with Gasteiger partial charge in [0, 0.05) is 48.8 Å². The number of likely N-dealkylation sites (tertiary alicyclic amines) is 1. The third-order valence-corrected chi connectivity index (χ3v) is 9.68. The fraction of sp³-hybridized carbons (Fsp3) is 0.625. The SMILES string of the molecule is CCOC(=O)c1cc(Cl)ccc1CN1CCC(N2CCN(c3ncc(C(=O)NC4CC4)nc3C)[C@H]3CCCC[C@H]32)CC1. The average Bonchev–Trinajstić information content (AvgIpc) is 3.82. The Morgan fingerprint density at radius 3 is 2.50 bits per heavy atom. The van der Waals surface area contributed by atoms with Crippen LogP contribution in [0.25, 0.3) is 0 Å². The van der Waals surface area contributed by atoms with E-state index in [2.05, 4.69) is 25.0 Å². The highest BCUT2D eigenvalue weighted by atomic mass is 35.5. The lowest BCUT2D eigenvalue weighted by Crippen LogP contribution is -2.64. The Kier molecular flexibility index (Phi) is 8.98. The number of aromatic nitrogens is 2. The molecule has 4 aliphatic rings. The first-order valence-corrected chi connectivity index (χ1v) is 16.1. The monoisotopic (exact) mass is 594 g/mol. The number of piperazine rings is 1. The summed E-state index contributed by atoms with van der Waals surface area (Å²) in [6, 6.07) is 7.35. The number of benzene rings is 1. The van der Waals surface area contributed by atoms with E-state index in [1.807, 2.05) is 26.0 Å². The topological polar surface area (TPSA) is 90.9 Å². The molecule has 3 heterocycles. The van der Waals surface area contributed by atoms with Crippen molar-refractivity contribution in [2.75, 3.05) is 37.7 Å². The first kappa shape index (κ1) is 29.3. The quantitative estimate of drug-likeness (QED) is 0.443. The van der Waals surface area contributed by atoms with E-state index in [4.69, 9.17) is 21.3 Å². The molecule has 2 saturated heterocycles. The summed E-state index contributed by atoms with van der Waals surface area (Å²) in [5.41, 5.74) is 2.81. The van der Waals surface area contributed by atoms with Gasteiger partial charge < -0.3 is 15.0 Å². The molecule has 10 heteroatoms. The van der Waals surface area contributed by atoms with Crippen LogP contribution in [0.4, 0.5) is 5.82 Å². The first-order chi connectivity index (χ1) is 20.4. The summed E-state index contributed by atoms with van der Waals surface area (Å²) in [7, 11) is 0. The molecular formula is C32H43ClN6O3. The summed E-state index contributed by atoms with van der Waals surface area (Å²) in [4.78, 5) is 42.3. The van der Waals surface area contributed by atoms with Gasteiger partial charge in [-0.15, -0.1) is 0 Å². The molecule has 1 aromatic heterocycles. The Morgan fingerprint density at radius 2 is 1.79 bits per heavy atom. The highest BCUT2D eigenvalue weighted by Gasteiger charge is 2.42. The number of amides is 1. The number of aryl methyl sites for hydroxylation is 1. The third kappa shape index (κ3) is 6.43. The van der Waals surface area contributed by atoms with Crippen LogP contribution in [0.3, 0.4) is 0 Å². The van der Waals surface area contributed by atoms with Gasteiger partial charge in [-0.25, -0.2) is 14.8 Å². The third-order valence-electron chi connectivity index (χ3n) is 9.44. The molecule has 2 aromatic rings. The van der Waals surface area contributed by atoms with E-state index in [0.29, 0.717) is 47.1 Å². The smallest absolute Gasteiger partial charge is 0.338 e. The van der Waals surface area contributed by atoms with Crippen molar-refractivity contribution in [2.45, 2.75) is 95.9 Å². The minimum absolute atomic E-state index is 0.112. The molecule has 2 atom stereocenters. The van der Waals surface area contributed by atoms with E-state index in [0.717, 1.165) is 81.9 Å². The van der Waals surface area contributed by atoms with Crippen LogP contribution in [-0.4, -0.2) is 88.6 Å². The zero-order chi connectivity index (χ0) is 29.2. The summed E-state index contributed by atoms with van der Waals surface area (Å²) in [6.07, 6.45) is 10.9. The minimum Gasteiger partial charge on any atom is -0.462 e. The van der Waals surface area contributed by atoms with Crippen molar-refractivity contribution in [3.63, 3.8) is 0 Å². The summed E-state index contributed by atoms with van der Waals surface area (Å²) < 4.78 is 5.29. The highest BCUT2D eigenvalue weighted by Crippen LogP contribution is 2.36. The first-order valence-electron chi connectivity index (χ1n) is 15.8. The fourth-order valence-electron chi connectivity index (χ4n) is 7.20. The normalized spacial score (nSPS) is 23.8. The Labute approximate surface area is 254 Å². The predicted molar refractivity (Wildman–Crippen MR) is 163 cm³/mol. The maximum Gasteiger partial charge on any atom is 0.338 e. The van der Waals surface area contributed by atoms with Crippen LogP contribution in [-0.2, 0) is 11.3 Å². The van der Waals surface area contributed by atoms with Crippen molar-refractivity contribution in [1.82, 2.24) is 25.1 Å². The number of ether oxygens (including phenoxy) is 1. The van der Waals surface area contributed by atoms with Gasteiger partial charge in [-0.1, -0.05) is 30.5 Å². The van der Waals surface area contributed by atoms with E-state index >= 15 is 0 Å². The van der Waals surface area contributed by atoms with Gasteiger partial charge in [0.1, 0.15) is 11.5 Å². The van der Waals surface area contributed by atoms with Crippen LogP contribution in [0, 0.1) is 6.92 Å². The van der Waals surface area contributed by atoms with Crippen molar-refractivity contribution < 1.29 is 14.3 Å². The van der Waals surface area contributed by atoms with Crippen molar-refractivity contribution in [3.05, 3.63) is 51.9 Å². The Bertz CT molecular complexity index is 1300. The number of anilines is 1. The van der Waals surface area contributed by atoms with E-state index in [1.165, 1.54) is 19.3 Å². The molecule has 2 aliphatic carbocycles. The lowest BCUT2D eigenvalue weighted by molar-refractivity contribution is 0.0297. The summed E-state index contributed by atoms with van der Waals surface area (Å²) >= 11 is 6.21. The number of nitrogens with zero attached hydrogens (tertiary/aromatic N) is 5. The van der Waals surface area contributed by atoms with Gasteiger partial charge in [0.15, 0.2) is 0 Å². The summed E-state index contributed by atoms with van der Waals surface area (Å²) in [5, 5.41) is 3.58. The molecule has 0 radical (unpaired) electrons. The summed E-state index contributed by atoms with van der Waals surface area (Å²) in [5.74, 6) is 0.520. The van der Waals surface area contributed by atoms with Gasteiger partial charge in [-0.3, -0.25) is 14.6 Å². The van der Waals surface area contributed by atoms with Gasteiger partial charge >= 0.3 is 5.97 Å². The molecule has 1 amide bonds. The van der Waals surface area contributed by atoms with Crippen LogP contribution >= 0.6 is 11.6 Å². The predicted octanol–water partition coefficient (Wildman–Crippen LogP) is 4.61. The van der Waals surface area contributed by atoms with Gasteiger partial charge in [-0.2, -0.15) is 0 Å². The molecule has 4 fully saturated rings. The number of hydrogen-bond acceptors (Lipinski definition) is 8. The molecule has 1 aromatic carbocycles. The minimum atomic E-state index is -0.304. The molecule has 2 saturated carbocycles. The lowest BCUT2D eigenvalue weighted by Gasteiger charge is -2.54. The maximum absolute atomic E-state index is 12.6. The van der Waals surface area contributed by atoms with Gasteiger partial charge in [0.25, 0.3) is 5.91 Å². The van der Waals surface area contributed by atoms with Gasteiger partial charge in [0.05, 0.1) is 24.1 Å². The average molecular weight is 595 g/mol. The number of hydrogen-bond donors (Lipinski definition) is 1. The van der Waals surface area contributed by atoms with Crippen molar-refractivity contribution in [3.8, 4) is 0 Å². The number of rotatable bonds is 8. The lowest BCUT2D eigenvalue weighted by atomic mass is 9.84. The zero-order valence-electron chi connectivity index (χ0n) is 24.9. The number of esters is 1. The number of nitrogens with one attached hydrogen (secondary N) is 1. The van der Waals surface area contributed by atoms with Crippen LogP contribution in [0.5, 0.6) is 0 Å². The summed E-state index contributed by atoms with van der Waals surface area (Å²) in [6.45, 7) is 8.84. The van der Waals surface area contributed by atoms with Crippen molar-refractivity contribution in [2.24, 2.45) is 0 Å². The number of piperidine rings is 1. The molecule has 9 nitrogen and oxygen atoms in total. The Hall–Kier alpha value is -2.75. The van der Waals surface area contributed by atoms with E-state index in [-0.39, 0.29) is 11.9 Å². The highest BCUT2D eigenvalue weighted by molar-refractivity contribution is 6.31. The molecule has 0 bridgehead atoms. The van der Waals surface area contributed by atoms with E-state index in [1.54, 1.807) is 12.3 Å². The Balaban J connectivity index is 1.09. The second kappa shape index (κ2) is 12.9. The van der Waals surface area contributed by atoms with E-state index < -0.39 is 0 Å². The second-order valence-corrected chi connectivity index (χ2v) is 12.7. The zero-order valence-corrected chi connectivity index (χ0v) is 25.6. The fourth-order valence-corrected chi connectivity index (χ4v) is 7.37. The number of fused-ring (bicyclic) bond motifs is 1. The van der Waals surface area contributed by atoms with Crippen LogP contribution in [0.15, 0.2) is 24.4 Å². The van der Waals surface area contributed by atoms with Crippen LogP contribution < -0.4 is 10.2 Å². The number of halogens is 1. The number of carbonyl (C=O) groups is 2. The standard InChI is InChI=1S/C32H43ClN6O3/c1-3-42-32(41)26-18-23(33)9-8-22(26)20-37-14-12-25(13-15-37)38-16-17-39(29-7-5-4-6-28(29)38)30-21(2)35-27(19-34-30)31(40)36-24-10-11-24/h8-9,18-19,24-25,28-29H,3-7,10-17,20H2,1-2H3,(H,36,40)/t28-,29+/m1/s1. The second-order valence-electron chi connectivity index (χ2n) is 12.3. The molecule has 2 aliphatic heterocycles. The van der Waals surface area contributed by atoms with Crippen molar-refractivity contribution in [1.29, 1.82) is 0 Å². The molecule has 42 heavy (non-hydrogen) atoms. The molecule has 0 unspecified atom stereocenters. The van der Waals surface area contributed by atoms with Gasteiger partial charge in [-0.05, 0) is 83.2 Å². The van der Waals surface area contributed by atoms with Gasteiger partial charge in [0.2, 0.25) is 0 Å². The molecule has 6 rings (SSSR count). The van der Waals surface area contributed by atoms with Crippen LogP contribution in [0.2, 0.25) is 5.02 Å². The molecule has 1 N–H and O–H groups in total. The molecular weight excluding hydrogens is 552 g/mol. The number of carbonyl (C=O) groups excluding carboxylic acids is 2. The van der Waals surface area contributed by atoms with Crippen LogP contribution in [0.1, 0.15) is 90.4 Å². The molecule has 226 valence electrons. The Morgan fingerprint density at radius 1 is 1.02 bits per heavy atom. The maximum atomic E-state index is 12.6. The largest absolute Gasteiger partial charge is 0.462 e. The molecule has 0 spiro atoms.